The van der Waals surface area contributed by atoms with E-state index in [1.165, 1.54) is 44.5 Å². The second-order valence-corrected chi connectivity index (χ2v) is 19.1. The molecule has 76 heavy (non-hydrogen) atoms. The van der Waals surface area contributed by atoms with Crippen molar-refractivity contribution in [2.75, 3.05) is 9.80 Å². The first-order valence-corrected chi connectivity index (χ1v) is 26.1. The first-order valence-electron chi connectivity index (χ1n) is 26.1. The van der Waals surface area contributed by atoms with Crippen molar-refractivity contribution in [2.45, 2.75) is 0 Å². The SMILES string of the molecule is c1ccc(-c2cccc(-c3ccccc3)c2-c2c3ccc(N(c4ccccc4)c4ccccc4)cc3c(-c3c(-c4ccccc4)cccc3-c3ccccc3)c3ccc(N(c4ccccc4)c4ccccc4)cc23)cc1. The Labute approximate surface area is 445 Å². The molecule has 0 spiro atoms. The van der Waals surface area contributed by atoms with Crippen LogP contribution in [0, 0.1) is 0 Å². The van der Waals surface area contributed by atoms with Gasteiger partial charge in [-0.15, -0.1) is 0 Å². The highest BCUT2D eigenvalue weighted by atomic mass is 15.1. The summed E-state index contributed by atoms with van der Waals surface area (Å²) in [6, 6.07) is 115. The van der Waals surface area contributed by atoms with Gasteiger partial charge in [-0.2, -0.15) is 0 Å². The molecule has 0 heterocycles. The first kappa shape index (κ1) is 45.8. The Morgan fingerprint density at radius 3 is 0.645 bits per heavy atom. The Bertz CT molecular complexity index is 3640. The second kappa shape index (κ2) is 20.5. The average Bonchev–Trinajstić information content (AvgIpc) is 3.58. The van der Waals surface area contributed by atoms with Gasteiger partial charge in [0, 0.05) is 34.1 Å². The van der Waals surface area contributed by atoms with Crippen LogP contribution in [0.5, 0.6) is 0 Å². The van der Waals surface area contributed by atoms with Crippen LogP contribution in [0.25, 0.3) is 88.3 Å². The third kappa shape index (κ3) is 8.58. The van der Waals surface area contributed by atoms with Crippen molar-refractivity contribution in [1.82, 2.24) is 0 Å². The third-order valence-electron chi connectivity index (χ3n) is 14.6. The summed E-state index contributed by atoms with van der Waals surface area (Å²) in [5, 5.41) is 4.60. The van der Waals surface area contributed by atoms with Gasteiger partial charge in [-0.1, -0.05) is 243 Å². The van der Waals surface area contributed by atoms with Gasteiger partial charge < -0.3 is 9.80 Å². The fourth-order valence-electron chi connectivity index (χ4n) is 11.3. The van der Waals surface area contributed by atoms with E-state index < -0.39 is 0 Å². The molecule has 0 unspecified atom stereocenters. The van der Waals surface area contributed by atoms with E-state index in [0.717, 1.165) is 77.9 Å². The number of hydrogen-bond donors (Lipinski definition) is 0. The van der Waals surface area contributed by atoms with Gasteiger partial charge in [0.2, 0.25) is 0 Å². The van der Waals surface area contributed by atoms with E-state index in [-0.39, 0.29) is 0 Å². The lowest BCUT2D eigenvalue weighted by Crippen LogP contribution is -2.10. The van der Waals surface area contributed by atoms with Crippen LogP contribution in [0.3, 0.4) is 0 Å². The van der Waals surface area contributed by atoms with Crippen molar-refractivity contribution in [2.24, 2.45) is 0 Å². The number of hydrogen-bond acceptors (Lipinski definition) is 2. The monoisotopic (exact) mass is 968 g/mol. The minimum atomic E-state index is 1.06. The Kier molecular flexibility index (Phi) is 12.3. The van der Waals surface area contributed by atoms with E-state index in [9.17, 15) is 0 Å². The van der Waals surface area contributed by atoms with Gasteiger partial charge in [0.05, 0.1) is 0 Å². The number of benzene rings is 13. The standard InChI is InChI=1S/C74H52N2/c1-9-27-53(28-10-1)63-43-25-44-64(54-29-11-2-12-30-54)71(63)73-67-49-47-62(76(59-39-21-7-22-40-59)60-41-23-8-24-42-60)52-70(67)74(72-65(55-31-13-3-14-32-55)45-26-46-66(72)56-33-15-4-16-34-56)68-50-48-61(51-69(68)73)75(57-35-17-5-18-36-57)58-37-19-6-20-38-58/h1-52H. The highest BCUT2D eigenvalue weighted by Crippen LogP contribution is 2.54. The fourth-order valence-corrected chi connectivity index (χ4v) is 11.3. The summed E-state index contributed by atoms with van der Waals surface area (Å²) >= 11 is 0. The average molecular weight is 969 g/mol. The van der Waals surface area contributed by atoms with Crippen LogP contribution in [-0.4, -0.2) is 0 Å². The van der Waals surface area contributed by atoms with Gasteiger partial charge in [0.25, 0.3) is 0 Å². The Morgan fingerprint density at radius 2 is 0.395 bits per heavy atom. The van der Waals surface area contributed by atoms with Crippen LogP contribution in [0.2, 0.25) is 0 Å². The quantitative estimate of drug-likeness (QED) is 0.113. The molecule has 13 rings (SSSR count). The molecule has 2 nitrogen and oxygen atoms in total. The zero-order valence-electron chi connectivity index (χ0n) is 41.9. The van der Waals surface area contributed by atoms with Crippen molar-refractivity contribution in [3.05, 3.63) is 315 Å². The van der Waals surface area contributed by atoms with Crippen LogP contribution < -0.4 is 9.80 Å². The van der Waals surface area contributed by atoms with Crippen molar-refractivity contribution in [3.8, 4) is 66.8 Å². The molecular weight excluding hydrogens is 917 g/mol. The Balaban J connectivity index is 1.26. The highest BCUT2D eigenvalue weighted by molar-refractivity contribution is 6.26. The van der Waals surface area contributed by atoms with Crippen molar-refractivity contribution >= 4 is 55.7 Å². The molecule has 2 heteroatoms. The summed E-state index contributed by atoms with van der Waals surface area (Å²) in [5.74, 6) is 0. The van der Waals surface area contributed by atoms with Gasteiger partial charge in [0.15, 0.2) is 0 Å². The molecule has 0 radical (unpaired) electrons. The summed E-state index contributed by atoms with van der Waals surface area (Å²) < 4.78 is 0. The van der Waals surface area contributed by atoms with Gasteiger partial charge in [0.1, 0.15) is 0 Å². The minimum Gasteiger partial charge on any atom is -0.310 e. The maximum atomic E-state index is 2.46. The molecule has 0 aromatic heterocycles. The third-order valence-corrected chi connectivity index (χ3v) is 14.6. The molecule has 0 saturated heterocycles. The Hall–Kier alpha value is -10.0. The largest absolute Gasteiger partial charge is 0.310 e. The summed E-state index contributed by atoms with van der Waals surface area (Å²) in [6.45, 7) is 0. The van der Waals surface area contributed by atoms with Gasteiger partial charge in [-0.3, -0.25) is 0 Å². The molecule has 0 fully saturated rings. The summed E-state index contributed by atoms with van der Waals surface area (Å²) in [5.41, 5.74) is 20.4. The molecule has 13 aromatic carbocycles. The highest BCUT2D eigenvalue weighted by Gasteiger charge is 2.27. The van der Waals surface area contributed by atoms with E-state index >= 15 is 0 Å². The minimum absolute atomic E-state index is 1.06. The van der Waals surface area contributed by atoms with Crippen LogP contribution in [0.15, 0.2) is 315 Å². The second-order valence-electron chi connectivity index (χ2n) is 19.1. The molecule has 0 atom stereocenters. The molecule has 0 saturated carbocycles. The summed E-state index contributed by atoms with van der Waals surface area (Å²) in [7, 11) is 0. The van der Waals surface area contributed by atoms with Crippen molar-refractivity contribution in [1.29, 1.82) is 0 Å². The number of nitrogens with zero attached hydrogens (tertiary/aromatic N) is 2. The zero-order valence-corrected chi connectivity index (χ0v) is 41.9. The molecule has 13 aromatic rings. The summed E-state index contributed by atoms with van der Waals surface area (Å²) in [6.07, 6.45) is 0. The number of para-hydroxylation sites is 4. The lowest BCUT2D eigenvalue weighted by molar-refractivity contribution is 1.29. The van der Waals surface area contributed by atoms with Crippen LogP contribution in [-0.2, 0) is 0 Å². The van der Waals surface area contributed by atoms with E-state index in [4.69, 9.17) is 0 Å². The lowest BCUT2D eigenvalue weighted by atomic mass is 9.78. The van der Waals surface area contributed by atoms with Gasteiger partial charge in [-0.05, 0) is 161 Å². The normalized spacial score (nSPS) is 11.2. The zero-order chi connectivity index (χ0) is 50.6. The van der Waals surface area contributed by atoms with Gasteiger partial charge in [-0.25, -0.2) is 0 Å². The fraction of sp³-hybridized carbons (Fsp3) is 0. The van der Waals surface area contributed by atoms with Crippen LogP contribution in [0.1, 0.15) is 0 Å². The van der Waals surface area contributed by atoms with E-state index in [0.29, 0.717) is 0 Å². The van der Waals surface area contributed by atoms with E-state index in [1.54, 1.807) is 0 Å². The topological polar surface area (TPSA) is 6.48 Å². The van der Waals surface area contributed by atoms with Crippen molar-refractivity contribution in [3.63, 3.8) is 0 Å². The molecule has 358 valence electrons. The molecular formula is C74H52N2. The molecule has 0 aliphatic rings. The predicted molar refractivity (Wildman–Crippen MR) is 323 cm³/mol. The molecule has 0 N–H and O–H groups in total. The summed E-state index contributed by atoms with van der Waals surface area (Å²) in [4.78, 5) is 4.78. The smallest absolute Gasteiger partial charge is 0.0468 e. The van der Waals surface area contributed by atoms with Crippen LogP contribution in [0.4, 0.5) is 34.1 Å². The maximum absolute atomic E-state index is 2.46. The van der Waals surface area contributed by atoms with Gasteiger partial charge >= 0.3 is 0 Å². The number of rotatable bonds is 12. The number of fused-ring (bicyclic) bond motifs is 2. The first-order chi connectivity index (χ1) is 37.8. The lowest BCUT2D eigenvalue weighted by Gasteiger charge is -2.29. The molecule has 0 bridgehead atoms. The van der Waals surface area contributed by atoms with E-state index in [2.05, 4.69) is 325 Å². The maximum Gasteiger partial charge on any atom is 0.0468 e. The van der Waals surface area contributed by atoms with Crippen molar-refractivity contribution < 1.29 is 0 Å². The predicted octanol–water partition coefficient (Wildman–Crippen LogP) is 20.9. The Morgan fingerprint density at radius 1 is 0.158 bits per heavy atom. The molecule has 0 aliphatic carbocycles. The van der Waals surface area contributed by atoms with Crippen LogP contribution >= 0.6 is 0 Å². The molecule has 0 aliphatic heterocycles. The molecule has 0 amide bonds. The number of anilines is 6. The van der Waals surface area contributed by atoms with E-state index in [1.807, 2.05) is 0 Å².